The first-order valence-corrected chi connectivity index (χ1v) is 40.6. The van der Waals surface area contributed by atoms with Crippen molar-refractivity contribution in [3.63, 3.8) is 0 Å². The number of hydrogen-bond donors (Lipinski definition) is 2. The number of esters is 6. The van der Waals surface area contributed by atoms with E-state index in [2.05, 4.69) is 32.2 Å². The van der Waals surface area contributed by atoms with E-state index in [1.165, 1.54) is 180 Å². The van der Waals surface area contributed by atoms with Crippen LogP contribution in [0.3, 0.4) is 0 Å². The molecule has 0 fully saturated rings. The van der Waals surface area contributed by atoms with Gasteiger partial charge in [-0.15, -0.1) is 0 Å². The molecule has 0 aromatic carbocycles. The van der Waals surface area contributed by atoms with Gasteiger partial charge in [0.1, 0.15) is 25.9 Å². The summed E-state index contributed by atoms with van der Waals surface area (Å²) in [6.45, 7) is 6.77. The maximum atomic E-state index is 12.6. The number of unbranched alkanes of at least 4 members (excludes halogenated alkanes) is 40. The third kappa shape index (κ3) is 77.6. The maximum Gasteiger partial charge on any atom is 1.00 e. The van der Waals surface area contributed by atoms with Crippen LogP contribution < -0.4 is 68.9 Å². The molecule has 0 aliphatic rings. The first kappa shape index (κ1) is 103. The van der Waals surface area contributed by atoms with Gasteiger partial charge in [0.15, 0.2) is 18.3 Å². The molecule has 0 aliphatic carbocycles. The molecule has 0 amide bonds. The molecule has 0 spiro atoms. The van der Waals surface area contributed by atoms with Gasteiger partial charge < -0.3 is 66.5 Å². The van der Waals surface area contributed by atoms with Crippen LogP contribution in [-0.4, -0.2) is 123 Å². The Labute approximate surface area is 637 Å². The summed E-state index contributed by atoms with van der Waals surface area (Å²) in [6.07, 6.45) is 46.5. The summed E-state index contributed by atoms with van der Waals surface area (Å²) < 4.78 is 74.9. The van der Waals surface area contributed by atoms with Gasteiger partial charge in [-0.05, 0) is 25.7 Å². The standard InChI is InChI=1S/C38H71O12P.C34H67O10P.2Na/c1-5-7-9-11-13-15-17-19-21-23-25-27-37(41)46-30-36(50-38(42)28-26-24-22-20-18-16-14-12-10-8-6-2)32-48-51(43,44)47-31-35(49-34(4)40)29-45-33(3)39;1-3-5-7-9-11-13-15-17-19-21-23-25-33(37)41-29-32(30-43-45(39,40)42-28-31(36)27-35)44-34(38)26-24-22-20-18-16-14-12-10-8-6-4-2;;/h35-36H,5-32H2,1-4H3,(H,43,44);31-32,35-36H,3-30H2,1-2H3,(H,39,40);;/q;;2*+1/p-2/t35?,36-;31?,32-;;/m11../s1. The van der Waals surface area contributed by atoms with Crippen molar-refractivity contribution >= 4 is 51.5 Å². The van der Waals surface area contributed by atoms with Crippen LogP contribution in [0.5, 0.6) is 0 Å². The zero-order valence-electron chi connectivity index (χ0n) is 62.9. The number of hydrogen-bond acceptors (Lipinski definition) is 22. The topological polar surface area (TPSA) is 315 Å². The van der Waals surface area contributed by atoms with Crippen molar-refractivity contribution < 1.29 is 164 Å². The average molecular weight is 1460 g/mol. The molecule has 0 saturated heterocycles. The Kier molecular flexibility index (Phi) is 79.7. The number of aliphatic hydroxyl groups excluding tert-OH is 2. The summed E-state index contributed by atoms with van der Waals surface area (Å²) in [4.78, 5) is 96.8. The largest absolute Gasteiger partial charge is 1.00 e. The fraction of sp³-hybridized carbons (Fsp3) is 0.917. The monoisotopic (exact) mass is 1460 g/mol. The van der Waals surface area contributed by atoms with Crippen molar-refractivity contribution in [3.8, 4) is 0 Å². The SMILES string of the molecule is CCCCCCCCCCCCCC(=O)OC[C@H](COP(=O)([O-])OCC(COC(C)=O)OC(C)=O)OC(=O)CCCCCCCCCCCCC.CCCCCCCCCCCCCC(=O)OC[C@H](COP(=O)([O-])OCC(O)CO)OC(=O)CCCCCCCCCCCCC.[Na+].[Na+]. The Morgan fingerprint density at radius 1 is 0.306 bits per heavy atom. The number of carbonyl (C=O) groups excluding carboxylic acids is 6. The van der Waals surface area contributed by atoms with E-state index in [4.69, 9.17) is 47.1 Å². The molecule has 22 nitrogen and oxygen atoms in total. The van der Waals surface area contributed by atoms with Crippen LogP contribution >= 0.6 is 15.6 Å². The van der Waals surface area contributed by atoms with Crippen molar-refractivity contribution in [1.82, 2.24) is 0 Å². The zero-order valence-corrected chi connectivity index (χ0v) is 68.7. The summed E-state index contributed by atoms with van der Waals surface area (Å²) >= 11 is 0. The molecule has 0 aromatic rings. The Morgan fingerprint density at radius 3 is 0.755 bits per heavy atom. The summed E-state index contributed by atoms with van der Waals surface area (Å²) in [5.41, 5.74) is 0. The van der Waals surface area contributed by atoms with Crippen LogP contribution in [0.25, 0.3) is 0 Å². The van der Waals surface area contributed by atoms with Gasteiger partial charge in [0.25, 0.3) is 15.6 Å². The fourth-order valence-electron chi connectivity index (χ4n) is 10.4. The average Bonchev–Trinajstić information content (AvgIpc) is 1.48. The summed E-state index contributed by atoms with van der Waals surface area (Å²) in [6, 6.07) is 0. The molecule has 2 N–H and O–H groups in total. The molecular formula is C72H136Na2O22P2. The smallest absolute Gasteiger partial charge is 0.756 e. The number of aliphatic hydroxyl groups is 2. The Morgan fingerprint density at radius 2 is 0.520 bits per heavy atom. The molecule has 0 aliphatic heterocycles. The van der Waals surface area contributed by atoms with E-state index in [-0.39, 0.29) is 98.0 Å². The minimum Gasteiger partial charge on any atom is -0.756 e. The van der Waals surface area contributed by atoms with E-state index < -0.39 is 116 Å². The van der Waals surface area contributed by atoms with Gasteiger partial charge in [-0.1, -0.05) is 285 Å². The minimum absolute atomic E-state index is 0. The summed E-state index contributed by atoms with van der Waals surface area (Å²) in [5.74, 6) is -3.34. The molecule has 0 rings (SSSR count). The normalized spacial score (nSPS) is 13.6. The predicted molar refractivity (Wildman–Crippen MR) is 370 cm³/mol. The third-order valence-electron chi connectivity index (χ3n) is 16.1. The van der Waals surface area contributed by atoms with Crippen molar-refractivity contribution in [2.24, 2.45) is 0 Å². The second-order valence-electron chi connectivity index (χ2n) is 25.7. The molecule has 568 valence electrons. The molecule has 0 heterocycles. The molecule has 0 bridgehead atoms. The zero-order chi connectivity index (χ0) is 71.4. The molecule has 0 radical (unpaired) electrons. The van der Waals surface area contributed by atoms with Crippen LogP contribution in [0, 0.1) is 0 Å². The summed E-state index contributed by atoms with van der Waals surface area (Å²) in [5, 5.41) is 18.2. The molecule has 26 heteroatoms. The van der Waals surface area contributed by atoms with Gasteiger partial charge in [-0.2, -0.15) is 0 Å². The molecule has 98 heavy (non-hydrogen) atoms. The number of ether oxygens (including phenoxy) is 6. The Hall–Kier alpha value is -1.04. The number of rotatable bonds is 70. The van der Waals surface area contributed by atoms with Crippen LogP contribution in [0.2, 0.25) is 0 Å². The quantitative estimate of drug-likeness (QED) is 0.0188. The van der Waals surface area contributed by atoms with E-state index in [0.717, 1.165) is 90.9 Å². The number of phosphoric ester groups is 2. The second kappa shape index (κ2) is 75.6. The van der Waals surface area contributed by atoms with Crippen LogP contribution in [0.1, 0.15) is 350 Å². The van der Waals surface area contributed by atoms with E-state index in [1.807, 2.05) is 0 Å². The molecule has 0 aromatic heterocycles. The Bertz CT molecular complexity index is 1960. The van der Waals surface area contributed by atoms with E-state index in [0.29, 0.717) is 25.7 Å². The third-order valence-corrected chi connectivity index (χ3v) is 18.0. The predicted octanol–water partition coefficient (Wildman–Crippen LogP) is 10.5. The van der Waals surface area contributed by atoms with Crippen LogP contribution in [0.4, 0.5) is 0 Å². The van der Waals surface area contributed by atoms with Crippen molar-refractivity contribution in [1.29, 1.82) is 0 Å². The summed E-state index contributed by atoms with van der Waals surface area (Å²) in [7, 11) is -9.83. The van der Waals surface area contributed by atoms with Gasteiger partial charge in [-0.3, -0.25) is 37.9 Å². The Balaban J connectivity index is -0.000000890. The van der Waals surface area contributed by atoms with Gasteiger partial charge >= 0.3 is 94.9 Å². The van der Waals surface area contributed by atoms with E-state index in [1.54, 1.807) is 0 Å². The van der Waals surface area contributed by atoms with Crippen LogP contribution in [-0.2, 0) is 84.4 Å². The van der Waals surface area contributed by atoms with Gasteiger partial charge in [0.2, 0.25) is 0 Å². The van der Waals surface area contributed by atoms with Gasteiger partial charge in [0.05, 0.1) is 33.0 Å². The fourth-order valence-corrected chi connectivity index (χ4v) is 11.9. The molecule has 0 saturated carbocycles. The van der Waals surface area contributed by atoms with E-state index >= 15 is 0 Å². The van der Waals surface area contributed by atoms with Crippen molar-refractivity contribution in [2.75, 3.05) is 52.9 Å². The number of carbonyl (C=O) groups is 6. The van der Waals surface area contributed by atoms with Crippen molar-refractivity contribution in [2.45, 2.75) is 374 Å². The second-order valence-corrected chi connectivity index (χ2v) is 28.5. The first-order valence-electron chi connectivity index (χ1n) is 37.7. The van der Waals surface area contributed by atoms with Gasteiger partial charge in [-0.25, -0.2) is 0 Å². The van der Waals surface area contributed by atoms with Gasteiger partial charge in [0, 0.05) is 39.5 Å². The molecule has 4 unspecified atom stereocenters. The molecule has 6 atom stereocenters. The van der Waals surface area contributed by atoms with Crippen LogP contribution in [0.15, 0.2) is 0 Å². The van der Waals surface area contributed by atoms with E-state index in [9.17, 15) is 52.8 Å². The molecular weight excluding hydrogens is 1320 g/mol. The maximum absolute atomic E-state index is 12.6. The number of phosphoric acid groups is 2. The first-order chi connectivity index (χ1) is 46.2. The van der Waals surface area contributed by atoms with Crippen molar-refractivity contribution in [3.05, 3.63) is 0 Å². The minimum atomic E-state index is -4.98.